The number of aromatic amines is 2. The van der Waals surface area contributed by atoms with E-state index in [1.165, 1.54) is 11.1 Å². The molecule has 1 unspecified atom stereocenters. The average molecular weight is 350 g/mol. The van der Waals surface area contributed by atoms with Crippen LogP contribution < -0.4 is 10.7 Å². The zero-order chi connectivity index (χ0) is 18.0. The molecule has 0 aromatic carbocycles. The minimum atomic E-state index is 0.348. The zero-order valence-electron chi connectivity index (χ0n) is 15.0. The van der Waals surface area contributed by atoms with Crippen molar-refractivity contribution in [2.45, 2.75) is 13.3 Å². The molecule has 4 heteroatoms. The summed E-state index contributed by atoms with van der Waals surface area (Å²) in [6, 6.07) is 8.47. The molecule has 4 aliphatic heterocycles. The first-order valence-electron chi connectivity index (χ1n) is 9.32. The number of aliphatic imine (C=N–C) groups is 2. The molecule has 0 saturated carbocycles. The van der Waals surface area contributed by atoms with Crippen molar-refractivity contribution in [1.82, 2.24) is 9.97 Å². The van der Waals surface area contributed by atoms with Crippen LogP contribution >= 0.6 is 0 Å². The van der Waals surface area contributed by atoms with Gasteiger partial charge in [0.05, 0.1) is 22.8 Å². The van der Waals surface area contributed by atoms with E-state index < -0.39 is 0 Å². The van der Waals surface area contributed by atoms with Crippen LogP contribution in [-0.4, -0.2) is 21.4 Å². The van der Waals surface area contributed by atoms with Crippen LogP contribution in [0.3, 0.4) is 0 Å². The van der Waals surface area contributed by atoms with Gasteiger partial charge in [-0.05, 0) is 73.1 Å². The van der Waals surface area contributed by atoms with Gasteiger partial charge < -0.3 is 9.97 Å². The van der Waals surface area contributed by atoms with Crippen molar-refractivity contribution in [2.24, 2.45) is 15.9 Å². The van der Waals surface area contributed by atoms with Crippen molar-refractivity contribution in [3.63, 3.8) is 0 Å². The highest BCUT2D eigenvalue weighted by atomic mass is 14.8. The van der Waals surface area contributed by atoms with Gasteiger partial charge in [-0.2, -0.15) is 0 Å². The second-order valence-electron chi connectivity index (χ2n) is 7.45. The fraction of sp³-hybridized carbons (Fsp3) is 0.130. The maximum atomic E-state index is 4.93. The number of fused-ring (bicyclic) bond motifs is 11. The van der Waals surface area contributed by atoms with Crippen LogP contribution in [0.25, 0.3) is 17.7 Å². The monoisotopic (exact) mass is 350 g/mol. The standard InChI is InChI=1S/C23H18N4/c1-13-10-18-19-6-4-16(25-19)11-14-2-3-15(24-14)12-17-5-7-21(26-17)23(13)22-9-8-20(18)27-22/h2-9,11-13,24-25H,10H2,1H3. The molecule has 4 nitrogen and oxygen atoms in total. The van der Waals surface area contributed by atoms with E-state index in [-0.39, 0.29) is 0 Å². The van der Waals surface area contributed by atoms with E-state index in [9.17, 15) is 0 Å². The van der Waals surface area contributed by atoms with Crippen molar-refractivity contribution in [3.05, 3.63) is 87.6 Å². The van der Waals surface area contributed by atoms with Gasteiger partial charge in [-0.25, -0.2) is 9.98 Å². The molecule has 1 atom stereocenters. The predicted molar refractivity (Wildman–Crippen MR) is 110 cm³/mol. The highest BCUT2D eigenvalue weighted by Crippen LogP contribution is 2.39. The molecule has 2 aromatic rings. The molecule has 2 aromatic heterocycles. The van der Waals surface area contributed by atoms with Crippen molar-refractivity contribution in [2.75, 3.05) is 0 Å². The largest absolute Gasteiger partial charge is 0.355 e. The molecular formula is C23H18N4. The van der Waals surface area contributed by atoms with Gasteiger partial charge in [-0.1, -0.05) is 6.92 Å². The van der Waals surface area contributed by atoms with Crippen molar-refractivity contribution >= 4 is 29.1 Å². The molecule has 0 amide bonds. The zero-order valence-corrected chi connectivity index (χ0v) is 15.0. The number of aromatic nitrogens is 2. The highest BCUT2D eigenvalue weighted by molar-refractivity contribution is 6.20. The van der Waals surface area contributed by atoms with E-state index in [0.717, 1.165) is 51.3 Å². The Bertz CT molecular complexity index is 1300. The third-order valence-electron chi connectivity index (χ3n) is 5.54. The smallest absolute Gasteiger partial charge is 0.0694 e. The van der Waals surface area contributed by atoms with Gasteiger partial charge >= 0.3 is 0 Å². The molecule has 27 heavy (non-hydrogen) atoms. The molecule has 0 saturated heterocycles. The number of hydrogen-bond acceptors (Lipinski definition) is 2. The maximum absolute atomic E-state index is 4.93. The van der Waals surface area contributed by atoms with Gasteiger partial charge in [-0.3, -0.25) is 0 Å². The Balaban J connectivity index is 1.68. The number of allylic oxidation sites excluding steroid dienone is 6. The van der Waals surface area contributed by atoms with Crippen LogP contribution in [0.4, 0.5) is 0 Å². The summed E-state index contributed by atoms with van der Waals surface area (Å²) < 4.78 is 0. The minimum absolute atomic E-state index is 0.348. The summed E-state index contributed by atoms with van der Waals surface area (Å²) in [4.78, 5) is 16.8. The Morgan fingerprint density at radius 1 is 0.852 bits per heavy atom. The molecule has 6 heterocycles. The van der Waals surface area contributed by atoms with E-state index >= 15 is 0 Å². The van der Waals surface area contributed by atoms with E-state index in [4.69, 9.17) is 9.98 Å². The summed E-state index contributed by atoms with van der Waals surface area (Å²) in [5, 5.41) is 2.12. The molecule has 4 aliphatic rings. The van der Waals surface area contributed by atoms with Crippen LogP contribution in [0.2, 0.25) is 0 Å². The van der Waals surface area contributed by atoms with Crippen LogP contribution in [-0.2, 0) is 0 Å². The van der Waals surface area contributed by atoms with E-state index in [0.29, 0.717) is 5.92 Å². The van der Waals surface area contributed by atoms with Gasteiger partial charge in [0, 0.05) is 33.2 Å². The molecule has 10 bridgehead atoms. The van der Waals surface area contributed by atoms with Gasteiger partial charge in [-0.15, -0.1) is 0 Å². The molecule has 0 aliphatic carbocycles. The van der Waals surface area contributed by atoms with Crippen LogP contribution in [0, 0.1) is 5.92 Å². The number of nitrogens with one attached hydrogen (secondary N) is 2. The SMILES string of the molecule is CC1CC2=C3C=CC(=N3)C1=C1C=CC(=N1)C=c1ccc([nH]1)=Cc1ccc2[nH]1. The normalized spacial score (nSPS) is 22.2. The van der Waals surface area contributed by atoms with Gasteiger partial charge in [0.15, 0.2) is 0 Å². The Kier molecular flexibility index (Phi) is 2.89. The third-order valence-corrected chi connectivity index (χ3v) is 5.54. The maximum Gasteiger partial charge on any atom is 0.0694 e. The average Bonchev–Trinajstić information content (AvgIpc) is 3.41. The first-order chi connectivity index (χ1) is 13.2. The summed E-state index contributed by atoms with van der Waals surface area (Å²) in [6.07, 6.45) is 13.6. The quantitative estimate of drug-likeness (QED) is 0.734. The Hall–Kier alpha value is -3.40. The first-order valence-corrected chi connectivity index (χ1v) is 9.32. The number of hydrogen-bond donors (Lipinski definition) is 2. The lowest BCUT2D eigenvalue weighted by atomic mass is 9.87. The van der Waals surface area contributed by atoms with Gasteiger partial charge in [0.25, 0.3) is 0 Å². The summed E-state index contributed by atoms with van der Waals surface area (Å²) in [5.41, 5.74) is 8.83. The van der Waals surface area contributed by atoms with Crippen LogP contribution in [0.5, 0.6) is 0 Å². The second kappa shape index (κ2) is 5.30. The molecule has 2 N–H and O–H groups in total. The number of H-pyrrole nitrogens is 2. The fourth-order valence-corrected chi connectivity index (χ4v) is 4.28. The highest BCUT2D eigenvalue weighted by Gasteiger charge is 2.28. The molecule has 130 valence electrons. The topological polar surface area (TPSA) is 56.3 Å². The van der Waals surface area contributed by atoms with E-state index in [2.05, 4.69) is 77.6 Å². The summed E-state index contributed by atoms with van der Waals surface area (Å²) in [5.74, 6) is 0.348. The first kappa shape index (κ1) is 14.7. The molecule has 0 fully saturated rings. The van der Waals surface area contributed by atoms with E-state index in [1.807, 2.05) is 0 Å². The molecule has 0 radical (unpaired) electrons. The lowest BCUT2D eigenvalue weighted by molar-refractivity contribution is 0.726. The van der Waals surface area contributed by atoms with Crippen molar-refractivity contribution < 1.29 is 0 Å². The number of nitrogens with zero attached hydrogens (tertiary/aromatic N) is 2. The molecule has 6 rings (SSSR count). The summed E-state index contributed by atoms with van der Waals surface area (Å²) in [6.45, 7) is 2.27. The predicted octanol–water partition coefficient (Wildman–Crippen LogP) is 2.99. The lowest BCUT2D eigenvalue weighted by Crippen LogP contribution is -2.11. The lowest BCUT2D eigenvalue weighted by Gasteiger charge is -2.17. The third kappa shape index (κ3) is 2.30. The minimum Gasteiger partial charge on any atom is -0.355 e. The Morgan fingerprint density at radius 2 is 1.70 bits per heavy atom. The van der Waals surface area contributed by atoms with Crippen molar-refractivity contribution in [3.8, 4) is 0 Å². The number of rotatable bonds is 0. The Morgan fingerprint density at radius 3 is 2.63 bits per heavy atom. The second-order valence-corrected chi connectivity index (χ2v) is 7.45. The fourth-order valence-electron chi connectivity index (χ4n) is 4.28. The Labute approximate surface area is 156 Å². The van der Waals surface area contributed by atoms with Crippen LogP contribution in [0.15, 0.2) is 75.5 Å². The van der Waals surface area contributed by atoms with Crippen LogP contribution in [0.1, 0.15) is 24.7 Å². The summed E-state index contributed by atoms with van der Waals surface area (Å²) >= 11 is 0. The van der Waals surface area contributed by atoms with Gasteiger partial charge in [0.1, 0.15) is 0 Å². The molecular weight excluding hydrogens is 332 g/mol. The van der Waals surface area contributed by atoms with E-state index in [1.54, 1.807) is 0 Å². The van der Waals surface area contributed by atoms with Gasteiger partial charge in [0.2, 0.25) is 0 Å². The van der Waals surface area contributed by atoms with Crippen molar-refractivity contribution in [1.29, 1.82) is 0 Å². The molecule has 0 spiro atoms. The summed E-state index contributed by atoms with van der Waals surface area (Å²) in [7, 11) is 0.